The second-order valence-corrected chi connectivity index (χ2v) is 7.33. The molecule has 0 radical (unpaired) electrons. The lowest BCUT2D eigenvalue weighted by Gasteiger charge is -2.23. The number of amides is 2. The summed E-state index contributed by atoms with van der Waals surface area (Å²) in [5.74, 6) is 0.547. The lowest BCUT2D eigenvalue weighted by atomic mass is 9.89. The van der Waals surface area contributed by atoms with Crippen molar-refractivity contribution in [1.82, 2.24) is 5.32 Å². The fourth-order valence-electron chi connectivity index (χ4n) is 3.50. The molecule has 5 heteroatoms. The first-order valence-electron chi connectivity index (χ1n) is 10.0. The number of hydrogen-bond donors (Lipinski definition) is 2. The molecule has 0 bridgehead atoms. The molecule has 0 aromatic heterocycles. The predicted molar refractivity (Wildman–Crippen MR) is 111 cm³/mol. The molecular formula is C23H28N2O3. The maximum absolute atomic E-state index is 12.6. The number of benzene rings is 2. The molecule has 1 fully saturated rings. The van der Waals surface area contributed by atoms with Gasteiger partial charge in [-0.15, -0.1) is 0 Å². The summed E-state index contributed by atoms with van der Waals surface area (Å²) in [5, 5.41) is 5.85. The third kappa shape index (κ3) is 5.59. The summed E-state index contributed by atoms with van der Waals surface area (Å²) in [6.07, 6.45) is 5.48. The van der Waals surface area contributed by atoms with Crippen LogP contribution in [-0.2, 0) is 4.79 Å². The van der Waals surface area contributed by atoms with Gasteiger partial charge in [-0.05, 0) is 49.9 Å². The number of ether oxygens (including phenoxy) is 1. The van der Waals surface area contributed by atoms with Crippen LogP contribution in [-0.4, -0.2) is 24.5 Å². The Morgan fingerprint density at radius 2 is 1.68 bits per heavy atom. The van der Waals surface area contributed by atoms with Crippen molar-refractivity contribution in [3.05, 3.63) is 60.2 Å². The molecule has 148 valence electrons. The zero-order chi connectivity index (χ0) is 19.8. The van der Waals surface area contributed by atoms with Crippen LogP contribution in [0, 0.1) is 5.92 Å². The molecule has 2 aromatic carbocycles. The van der Waals surface area contributed by atoms with Crippen molar-refractivity contribution in [2.75, 3.05) is 11.9 Å². The summed E-state index contributed by atoms with van der Waals surface area (Å²) < 4.78 is 5.83. The number of carbonyl (C=O) groups excluding carboxylic acids is 2. The number of rotatable bonds is 7. The summed E-state index contributed by atoms with van der Waals surface area (Å²) in [5.41, 5.74) is 1.11. The Morgan fingerprint density at radius 3 is 2.43 bits per heavy atom. The molecule has 0 aliphatic heterocycles. The van der Waals surface area contributed by atoms with Crippen LogP contribution in [0.25, 0.3) is 0 Å². The molecule has 3 rings (SSSR count). The number of hydrogen-bond acceptors (Lipinski definition) is 3. The summed E-state index contributed by atoms with van der Waals surface area (Å²) in [7, 11) is 0. The van der Waals surface area contributed by atoms with Crippen LogP contribution in [0.5, 0.6) is 5.75 Å². The lowest BCUT2D eigenvalue weighted by molar-refractivity contribution is -0.127. The van der Waals surface area contributed by atoms with Gasteiger partial charge in [0.15, 0.2) is 6.10 Å². The second-order valence-electron chi connectivity index (χ2n) is 7.33. The first-order chi connectivity index (χ1) is 13.6. The van der Waals surface area contributed by atoms with Crippen LogP contribution < -0.4 is 15.4 Å². The second kappa shape index (κ2) is 9.93. The van der Waals surface area contributed by atoms with Gasteiger partial charge in [0, 0.05) is 12.2 Å². The molecule has 0 saturated heterocycles. The SMILES string of the molecule is C[C@H](Oc1ccccc1C(=O)Nc1ccccc1)C(=O)NCC1CCCCC1. The van der Waals surface area contributed by atoms with E-state index in [4.69, 9.17) is 4.74 Å². The van der Waals surface area contributed by atoms with E-state index in [1.54, 1.807) is 31.2 Å². The Morgan fingerprint density at radius 1 is 1.00 bits per heavy atom. The Hall–Kier alpha value is -2.82. The molecule has 28 heavy (non-hydrogen) atoms. The zero-order valence-corrected chi connectivity index (χ0v) is 16.3. The molecule has 1 aliphatic carbocycles. The van der Waals surface area contributed by atoms with Crippen LogP contribution >= 0.6 is 0 Å². The van der Waals surface area contributed by atoms with Crippen molar-refractivity contribution in [2.24, 2.45) is 5.92 Å². The molecular weight excluding hydrogens is 352 g/mol. The van der Waals surface area contributed by atoms with Crippen LogP contribution in [0.4, 0.5) is 5.69 Å². The summed E-state index contributed by atoms with van der Waals surface area (Å²) in [4.78, 5) is 25.1. The normalized spacial score (nSPS) is 15.5. The molecule has 2 amide bonds. The minimum Gasteiger partial charge on any atom is -0.480 e. The highest BCUT2D eigenvalue weighted by molar-refractivity contribution is 6.06. The number of para-hydroxylation sites is 2. The maximum Gasteiger partial charge on any atom is 0.260 e. The topological polar surface area (TPSA) is 67.4 Å². The lowest BCUT2D eigenvalue weighted by Crippen LogP contribution is -2.39. The molecule has 5 nitrogen and oxygen atoms in total. The van der Waals surface area contributed by atoms with Gasteiger partial charge in [0.1, 0.15) is 5.75 Å². The highest BCUT2D eigenvalue weighted by Gasteiger charge is 2.20. The van der Waals surface area contributed by atoms with Gasteiger partial charge in [-0.25, -0.2) is 0 Å². The minimum atomic E-state index is -0.672. The van der Waals surface area contributed by atoms with E-state index in [9.17, 15) is 9.59 Å². The minimum absolute atomic E-state index is 0.149. The average molecular weight is 380 g/mol. The number of anilines is 1. The van der Waals surface area contributed by atoms with Crippen LogP contribution in [0.15, 0.2) is 54.6 Å². The van der Waals surface area contributed by atoms with E-state index in [1.165, 1.54) is 32.1 Å². The van der Waals surface area contributed by atoms with Gasteiger partial charge in [-0.3, -0.25) is 9.59 Å². The smallest absolute Gasteiger partial charge is 0.260 e. The summed E-state index contributed by atoms with van der Waals surface area (Å²) in [6.45, 7) is 2.41. The molecule has 1 aliphatic rings. The Balaban J connectivity index is 1.58. The Kier molecular flexibility index (Phi) is 7.06. The van der Waals surface area contributed by atoms with E-state index in [1.807, 2.05) is 30.3 Å². The van der Waals surface area contributed by atoms with Gasteiger partial charge >= 0.3 is 0 Å². The molecule has 0 heterocycles. The van der Waals surface area contributed by atoms with E-state index in [-0.39, 0.29) is 11.8 Å². The van der Waals surface area contributed by atoms with E-state index in [0.717, 1.165) is 0 Å². The standard InChI is InChI=1S/C23H28N2O3/c1-17(22(26)24-16-18-10-4-2-5-11-18)28-21-15-9-8-14-20(21)23(27)25-19-12-6-3-7-13-19/h3,6-9,12-15,17-18H,2,4-5,10-11,16H2,1H3,(H,24,26)(H,25,27)/t17-/m0/s1. The van der Waals surface area contributed by atoms with E-state index in [0.29, 0.717) is 29.5 Å². The van der Waals surface area contributed by atoms with Gasteiger partial charge in [0.25, 0.3) is 11.8 Å². The molecule has 2 aromatic rings. The fourth-order valence-corrected chi connectivity index (χ4v) is 3.50. The molecule has 2 N–H and O–H groups in total. The van der Waals surface area contributed by atoms with Crippen molar-refractivity contribution in [3.63, 3.8) is 0 Å². The molecule has 1 saturated carbocycles. The van der Waals surface area contributed by atoms with Crippen molar-refractivity contribution < 1.29 is 14.3 Å². The van der Waals surface area contributed by atoms with Crippen molar-refractivity contribution in [1.29, 1.82) is 0 Å². The molecule has 1 atom stereocenters. The van der Waals surface area contributed by atoms with Crippen LogP contribution in [0.2, 0.25) is 0 Å². The third-order valence-electron chi connectivity index (χ3n) is 5.13. The largest absolute Gasteiger partial charge is 0.480 e. The number of carbonyl (C=O) groups is 2. The predicted octanol–water partition coefficient (Wildman–Crippen LogP) is 4.40. The first-order valence-corrected chi connectivity index (χ1v) is 10.0. The van der Waals surface area contributed by atoms with Gasteiger partial charge < -0.3 is 15.4 Å². The van der Waals surface area contributed by atoms with Gasteiger partial charge in [0.2, 0.25) is 0 Å². The first kappa shape index (κ1) is 19.9. The van der Waals surface area contributed by atoms with E-state index < -0.39 is 6.10 Å². The quantitative estimate of drug-likeness (QED) is 0.748. The van der Waals surface area contributed by atoms with Gasteiger partial charge in [0.05, 0.1) is 5.56 Å². The summed E-state index contributed by atoms with van der Waals surface area (Å²) >= 11 is 0. The van der Waals surface area contributed by atoms with Crippen LogP contribution in [0.1, 0.15) is 49.4 Å². The monoisotopic (exact) mass is 380 g/mol. The fraction of sp³-hybridized carbons (Fsp3) is 0.391. The number of nitrogens with one attached hydrogen (secondary N) is 2. The van der Waals surface area contributed by atoms with E-state index in [2.05, 4.69) is 10.6 Å². The molecule has 0 unspecified atom stereocenters. The van der Waals surface area contributed by atoms with Crippen LogP contribution in [0.3, 0.4) is 0 Å². The highest BCUT2D eigenvalue weighted by Crippen LogP contribution is 2.23. The Bertz CT molecular complexity index is 785. The van der Waals surface area contributed by atoms with Crippen molar-refractivity contribution in [3.8, 4) is 5.75 Å². The van der Waals surface area contributed by atoms with Crippen molar-refractivity contribution >= 4 is 17.5 Å². The summed E-state index contributed by atoms with van der Waals surface area (Å²) in [6, 6.07) is 16.2. The third-order valence-corrected chi connectivity index (χ3v) is 5.13. The average Bonchev–Trinajstić information content (AvgIpc) is 2.73. The zero-order valence-electron chi connectivity index (χ0n) is 16.3. The molecule has 0 spiro atoms. The van der Waals surface area contributed by atoms with Gasteiger partial charge in [-0.1, -0.05) is 49.6 Å². The Labute approximate surface area is 166 Å². The van der Waals surface area contributed by atoms with Gasteiger partial charge in [-0.2, -0.15) is 0 Å². The highest BCUT2D eigenvalue weighted by atomic mass is 16.5. The van der Waals surface area contributed by atoms with E-state index >= 15 is 0 Å². The van der Waals surface area contributed by atoms with Crippen molar-refractivity contribution in [2.45, 2.75) is 45.1 Å². The maximum atomic E-state index is 12.6.